The van der Waals surface area contributed by atoms with E-state index in [0.717, 1.165) is 6.54 Å². The third-order valence-corrected chi connectivity index (χ3v) is 2.99. The molecule has 0 radical (unpaired) electrons. The Hall–Kier alpha value is -0.480. The molecule has 0 amide bonds. The summed E-state index contributed by atoms with van der Waals surface area (Å²) in [7, 11) is 0. The van der Waals surface area contributed by atoms with Gasteiger partial charge in [0.1, 0.15) is 0 Å². The molecule has 0 N–H and O–H groups in total. The van der Waals surface area contributed by atoms with E-state index < -0.39 is 0 Å². The maximum absolute atomic E-state index is 5.57. The Morgan fingerprint density at radius 3 is 2.46 bits per heavy atom. The van der Waals surface area contributed by atoms with Gasteiger partial charge in [-0.25, -0.2) is 0 Å². The summed E-state index contributed by atoms with van der Waals surface area (Å²) < 4.78 is 0. The lowest BCUT2D eigenvalue weighted by Crippen LogP contribution is -2.50. The third-order valence-electron chi connectivity index (χ3n) is 2.99. The molecule has 1 nitrogen and oxygen atoms in total. The zero-order valence-electron chi connectivity index (χ0n) is 9.35. The molecule has 74 valence electrons. The summed E-state index contributed by atoms with van der Waals surface area (Å²) in [6, 6.07) is 0. The van der Waals surface area contributed by atoms with Crippen LogP contribution in [0.2, 0.25) is 0 Å². The van der Waals surface area contributed by atoms with Crippen LogP contribution >= 0.6 is 0 Å². The highest BCUT2D eigenvalue weighted by molar-refractivity contribution is 5.07. The van der Waals surface area contributed by atoms with Crippen molar-refractivity contribution >= 4 is 0 Å². The lowest BCUT2D eigenvalue weighted by molar-refractivity contribution is 0.0605. The Morgan fingerprint density at radius 1 is 1.38 bits per heavy atom. The fourth-order valence-electron chi connectivity index (χ4n) is 1.93. The van der Waals surface area contributed by atoms with Gasteiger partial charge in [-0.1, -0.05) is 5.92 Å². The Balaban J connectivity index is 2.69. The van der Waals surface area contributed by atoms with E-state index in [-0.39, 0.29) is 11.0 Å². The van der Waals surface area contributed by atoms with Crippen LogP contribution in [0.4, 0.5) is 0 Å². The van der Waals surface area contributed by atoms with Gasteiger partial charge >= 0.3 is 0 Å². The molecule has 0 bridgehead atoms. The van der Waals surface area contributed by atoms with E-state index in [9.17, 15) is 0 Å². The monoisotopic (exact) mass is 179 g/mol. The minimum absolute atomic E-state index is 0.103. The van der Waals surface area contributed by atoms with E-state index in [4.69, 9.17) is 6.42 Å². The Bertz CT molecular complexity index is 218. The highest BCUT2D eigenvalue weighted by atomic mass is 15.2. The van der Waals surface area contributed by atoms with Crippen molar-refractivity contribution in [1.82, 2.24) is 4.90 Å². The summed E-state index contributed by atoms with van der Waals surface area (Å²) in [6.45, 7) is 11.2. The largest absolute Gasteiger partial charge is 0.297 e. The third kappa shape index (κ3) is 2.48. The van der Waals surface area contributed by atoms with Crippen LogP contribution in [0.25, 0.3) is 0 Å². The van der Waals surface area contributed by atoms with Crippen LogP contribution in [0, 0.1) is 17.8 Å². The van der Waals surface area contributed by atoms with Gasteiger partial charge in [0.15, 0.2) is 0 Å². The van der Waals surface area contributed by atoms with Crippen LogP contribution < -0.4 is 0 Å². The van der Waals surface area contributed by atoms with Gasteiger partial charge in [0.2, 0.25) is 0 Å². The predicted octanol–water partition coefficient (Wildman–Crippen LogP) is 2.52. The van der Waals surface area contributed by atoms with Crippen molar-refractivity contribution in [1.29, 1.82) is 0 Å². The quantitative estimate of drug-likeness (QED) is 0.516. The molecule has 1 unspecified atom stereocenters. The van der Waals surface area contributed by atoms with Crippen LogP contribution in [0.1, 0.15) is 40.5 Å². The molecule has 0 aliphatic carbocycles. The lowest BCUT2D eigenvalue weighted by Gasteiger charge is -2.44. The summed E-state index contributed by atoms with van der Waals surface area (Å²) in [5.41, 5.74) is 0.365. The maximum Gasteiger partial charge on any atom is 0.0411 e. The molecule has 0 aromatic carbocycles. The highest BCUT2D eigenvalue weighted by Gasteiger charge is 2.33. The molecule has 1 heteroatoms. The zero-order chi connectivity index (χ0) is 10.1. The molecule has 1 fully saturated rings. The fourth-order valence-corrected chi connectivity index (χ4v) is 1.93. The minimum Gasteiger partial charge on any atom is -0.297 e. The highest BCUT2D eigenvalue weighted by Crippen LogP contribution is 2.31. The topological polar surface area (TPSA) is 3.24 Å². The number of terminal acetylenes is 1. The Kier molecular flexibility index (Phi) is 2.73. The molecular formula is C12H21N. The van der Waals surface area contributed by atoms with Crippen molar-refractivity contribution in [3.63, 3.8) is 0 Å². The molecule has 1 saturated heterocycles. The number of hydrogen-bond acceptors (Lipinski definition) is 1. The maximum atomic E-state index is 5.57. The summed E-state index contributed by atoms with van der Waals surface area (Å²) in [6.07, 6.45) is 7.98. The summed E-state index contributed by atoms with van der Waals surface area (Å²) in [5, 5.41) is 0. The molecule has 0 saturated carbocycles. The molecular weight excluding hydrogens is 158 g/mol. The molecule has 1 rings (SSSR count). The van der Waals surface area contributed by atoms with Crippen LogP contribution in [0.3, 0.4) is 0 Å². The van der Waals surface area contributed by atoms with Gasteiger partial charge in [-0.15, -0.1) is 6.42 Å². The van der Waals surface area contributed by atoms with Crippen molar-refractivity contribution in [3.05, 3.63) is 0 Å². The van der Waals surface area contributed by atoms with Gasteiger partial charge in [0.05, 0.1) is 0 Å². The predicted molar refractivity (Wildman–Crippen MR) is 57.5 cm³/mol. The van der Waals surface area contributed by atoms with Crippen LogP contribution in [-0.2, 0) is 0 Å². The fraction of sp³-hybridized carbons (Fsp3) is 0.833. The van der Waals surface area contributed by atoms with E-state index in [1.54, 1.807) is 0 Å². The van der Waals surface area contributed by atoms with Crippen LogP contribution in [-0.4, -0.2) is 23.5 Å². The SMILES string of the molecule is C#CC1(C)CCCN(C(C)(C)C)C1. The average molecular weight is 179 g/mol. The van der Waals surface area contributed by atoms with Crippen molar-refractivity contribution in [3.8, 4) is 12.3 Å². The van der Waals surface area contributed by atoms with Gasteiger partial charge in [0.25, 0.3) is 0 Å². The number of hydrogen-bond donors (Lipinski definition) is 0. The van der Waals surface area contributed by atoms with Gasteiger partial charge in [-0.2, -0.15) is 0 Å². The molecule has 13 heavy (non-hydrogen) atoms. The number of rotatable bonds is 0. The molecule has 0 aromatic heterocycles. The number of piperidine rings is 1. The first-order chi connectivity index (χ1) is 5.87. The lowest BCUT2D eigenvalue weighted by atomic mass is 9.81. The van der Waals surface area contributed by atoms with Gasteiger partial charge < -0.3 is 0 Å². The van der Waals surface area contributed by atoms with Crippen LogP contribution in [0.15, 0.2) is 0 Å². The summed E-state index contributed by atoms with van der Waals surface area (Å²) in [5.74, 6) is 2.94. The Morgan fingerprint density at radius 2 is 2.00 bits per heavy atom. The number of nitrogens with zero attached hydrogens (tertiary/aromatic N) is 1. The van der Waals surface area contributed by atoms with Gasteiger partial charge in [0, 0.05) is 17.5 Å². The van der Waals surface area contributed by atoms with E-state index in [2.05, 4.69) is 38.5 Å². The van der Waals surface area contributed by atoms with Crippen molar-refractivity contribution in [2.24, 2.45) is 5.41 Å². The van der Waals surface area contributed by atoms with Crippen molar-refractivity contribution < 1.29 is 0 Å². The Labute approximate surface area is 82.5 Å². The average Bonchev–Trinajstić information content (AvgIpc) is 2.03. The molecule has 0 spiro atoms. The van der Waals surface area contributed by atoms with E-state index >= 15 is 0 Å². The smallest absolute Gasteiger partial charge is 0.0411 e. The molecule has 1 atom stereocenters. The zero-order valence-corrected chi connectivity index (χ0v) is 9.35. The van der Waals surface area contributed by atoms with Crippen molar-refractivity contribution in [2.45, 2.75) is 46.1 Å². The second-order valence-corrected chi connectivity index (χ2v) is 5.40. The first-order valence-electron chi connectivity index (χ1n) is 5.10. The molecule has 1 aliphatic heterocycles. The van der Waals surface area contributed by atoms with E-state index in [1.165, 1.54) is 19.4 Å². The first-order valence-corrected chi connectivity index (χ1v) is 5.10. The number of likely N-dealkylation sites (tertiary alicyclic amines) is 1. The molecule has 1 aliphatic rings. The molecule has 0 aromatic rings. The van der Waals surface area contributed by atoms with E-state index in [1.807, 2.05) is 0 Å². The van der Waals surface area contributed by atoms with Crippen molar-refractivity contribution in [2.75, 3.05) is 13.1 Å². The first kappa shape index (κ1) is 10.6. The molecule has 1 heterocycles. The normalized spacial score (nSPS) is 31.3. The van der Waals surface area contributed by atoms with Gasteiger partial charge in [-0.05, 0) is 47.1 Å². The van der Waals surface area contributed by atoms with E-state index in [0.29, 0.717) is 0 Å². The summed E-state index contributed by atoms with van der Waals surface area (Å²) >= 11 is 0. The minimum atomic E-state index is 0.103. The van der Waals surface area contributed by atoms with Crippen LogP contribution in [0.5, 0.6) is 0 Å². The standard InChI is InChI=1S/C12H21N/c1-6-12(5)8-7-9-13(10-12)11(2,3)4/h1H,7-10H2,2-5H3. The summed E-state index contributed by atoms with van der Waals surface area (Å²) in [4.78, 5) is 2.50. The van der Waals surface area contributed by atoms with Gasteiger partial charge in [-0.3, -0.25) is 4.90 Å². The second-order valence-electron chi connectivity index (χ2n) is 5.40. The second kappa shape index (κ2) is 3.35.